The number of amides is 1. The maximum Gasteiger partial charge on any atom is 0.410 e. The quantitative estimate of drug-likeness (QED) is 0.449. The topological polar surface area (TPSA) is 116 Å². The summed E-state index contributed by atoms with van der Waals surface area (Å²) in [7, 11) is 0. The van der Waals surface area contributed by atoms with Crippen LogP contribution >= 0.6 is 0 Å². The SMILES string of the molecule is CC(C)(C)OC(=O)N1CCN(CCn2cc(-c3cnc(N)c(-c4nc5ccccc5o4)c3)cn2)CC1. The van der Waals surface area contributed by atoms with Gasteiger partial charge in [0.2, 0.25) is 5.89 Å². The Labute approximate surface area is 209 Å². The summed E-state index contributed by atoms with van der Waals surface area (Å²) >= 11 is 0. The summed E-state index contributed by atoms with van der Waals surface area (Å²) in [6, 6.07) is 9.54. The first-order valence-electron chi connectivity index (χ1n) is 12.1. The molecule has 1 amide bonds. The van der Waals surface area contributed by atoms with E-state index in [-0.39, 0.29) is 6.09 Å². The van der Waals surface area contributed by atoms with Crippen LogP contribution in [0.1, 0.15) is 20.8 Å². The average Bonchev–Trinajstić information content (AvgIpc) is 3.49. The van der Waals surface area contributed by atoms with E-state index in [0.717, 1.165) is 42.8 Å². The molecule has 4 heterocycles. The van der Waals surface area contributed by atoms with Crippen molar-refractivity contribution in [2.75, 3.05) is 38.5 Å². The second-order valence-electron chi connectivity index (χ2n) is 9.94. The highest BCUT2D eigenvalue weighted by Gasteiger charge is 2.25. The summed E-state index contributed by atoms with van der Waals surface area (Å²) in [6.07, 6.45) is 5.32. The first-order valence-corrected chi connectivity index (χ1v) is 12.1. The zero-order valence-electron chi connectivity index (χ0n) is 20.8. The number of rotatable bonds is 5. The summed E-state index contributed by atoms with van der Waals surface area (Å²) < 4.78 is 13.3. The number of fused-ring (bicyclic) bond motifs is 1. The van der Waals surface area contributed by atoms with E-state index in [1.807, 2.05) is 68.2 Å². The van der Waals surface area contributed by atoms with Crippen molar-refractivity contribution in [3.05, 3.63) is 48.9 Å². The Hall–Kier alpha value is -3.92. The van der Waals surface area contributed by atoms with Gasteiger partial charge in [0.15, 0.2) is 5.58 Å². The molecule has 5 rings (SSSR count). The summed E-state index contributed by atoms with van der Waals surface area (Å²) in [4.78, 5) is 25.3. The fourth-order valence-corrected chi connectivity index (χ4v) is 4.15. The van der Waals surface area contributed by atoms with Crippen LogP contribution in [-0.2, 0) is 11.3 Å². The zero-order chi connectivity index (χ0) is 25.3. The molecular weight excluding hydrogens is 458 g/mol. The molecular formula is C26H31N7O3. The Morgan fingerprint density at radius 2 is 1.86 bits per heavy atom. The van der Waals surface area contributed by atoms with Crippen LogP contribution < -0.4 is 5.73 Å². The largest absolute Gasteiger partial charge is 0.444 e. The number of carbonyl (C=O) groups excluding carboxylic acids is 1. The average molecular weight is 490 g/mol. The van der Waals surface area contributed by atoms with Gasteiger partial charge < -0.3 is 19.8 Å². The minimum absolute atomic E-state index is 0.242. The molecule has 0 unspecified atom stereocenters. The molecule has 4 aromatic rings. The number of para-hydroxylation sites is 2. The van der Waals surface area contributed by atoms with Crippen molar-refractivity contribution in [3.8, 4) is 22.6 Å². The first-order chi connectivity index (χ1) is 17.2. The van der Waals surface area contributed by atoms with E-state index >= 15 is 0 Å². The number of nitrogen functional groups attached to an aromatic ring is 1. The Balaban J connectivity index is 1.20. The molecule has 0 aliphatic carbocycles. The predicted octanol–water partition coefficient (Wildman–Crippen LogP) is 3.89. The van der Waals surface area contributed by atoms with E-state index < -0.39 is 5.60 Å². The van der Waals surface area contributed by atoms with Crippen LogP contribution in [0.25, 0.3) is 33.7 Å². The van der Waals surface area contributed by atoms with Gasteiger partial charge in [-0.25, -0.2) is 14.8 Å². The third-order valence-electron chi connectivity index (χ3n) is 6.08. The van der Waals surface area contributed by atoms with Gasteiger partial charge in [-0.15, -0.1) is 0 Å². The number of hydrogen-bond donors (Lipinski definition) is 1. The zero-order valence-corrected chi connectivity index (χ0v) is 20.8. The van der Waals surface area contributed by atoms with E-state index in [4.69, 9.17) is 14.9 Å². The molecule has 3 aromatic heterocycles. The molecule has 188 valence electrons. The summed E-state index contributed by atoms with van der Waals surface area (Å²) in [6.45, 7) is 10.2. The van der Waals surface area contributed by atoms with Crippen molar-refractivity contribution in [1.29, 1.82) is 0 Å². The van der Waals surface area contributed by atoms with Crippen molar-refractivity contribution >= 4 is 23.0 Å². The van der Waals surface area contributed by atoms with Crippen LogP contribution in [-0.4, -0.2) is 74.0 Å². The van der Waals surface area contributed by atoms with Gasteiger partial charge in [-0.3, -0.25) is 9.58 Å². The molecule has 0 saturated carbocycles. The Morgan fingerprint density at radius 1 is 1.08 bits per heavy atom. The van der Waals surface area contributed by atoms with Crippen LogP contribution in [0.5, 0.6) is 0 Å². The molecule has 2 N–H and O–H groups in total. The third-order valence-corrected chi connectivity index (χ3v) is 6.08. The lowest BCUT2D eigenvalue weighted by molar-refractivity contribution is 0.0142. The van der Waals surface area contributed by atoms with E-state index in [0.29, 0.717) is 35.9 Å². The number of carbonyl (C=O) groups is 1. The number of piperazine rings is 1. The van der Waals surface area contributed by atoms with Crippen molar-refractivity contribution in [2.24, 2.45) is 0 Å². The van der Waals surface area contributed by atoms with E-state index in [2.05, 4.69) is 20.0 Å². The number of aromatic nitrogens is 4. The molecule has 0 spiro atoms. The minimum atomic E-state index is -0.477. The summed E-state index contributed by atoms with van der Waals surface area (Å²) in [5, 5.41) is 4.53. The lowest BCUT2D eigenvalue weighted by atomic mass is 10.1. The number of nitrogens with zero attached hydrogens (tertiary/aromatic N) is 6. The monoisotopic (exact) mass is 489 g/mol. The normalized spacial score (nSPS) is 14.9. The molecule has 0 bridgehead atoms. The molecule has 0 radical (unpaired) electrons. The van der Waals surface area contributed by atoms with Gasteiger partial charge in [-0.1, -0.05) is 12.1 Å². The standard InChI is InChI=1S/C26H31N7O3/c1-26(2,3)36-25(34)32-11-8-31(9-12-32)10-13-33-17-19(16-29-33)18-14-20(23(27)28-15-18)24-30-21-6-4-5-7-22(21)35-24/h4-7,14-17H,8-13H2,1-3H3,(H2,27,28). The first kappa shape index (κ1) is 23.8. The Kier molecular flexibility index (Phi) is 6.36. The number of oxazole rings is 1. The van der Waals surface area contributed by atoms with Crippen molar-refractivity contribution < 1.29 is 13.9 Å². The van der Waals surface area contributed by atoms with Crippen LogP contribution in [0, 0.1) is 0 Å². The number of ether oxygens (including phenoxy) is 1. The third kappa shape index (κ3) is 5.33. The predicted molar refractivity (Wildman–Crippen MR) is 137 cm³/mol. The number of hydrogen-bond acceptors (Lipinski definition) is 8. The molecule has 1 aliphatic rings. The Morgan fingerprint density at radius 3 is 2.61 bits per heavy atom. The summed E-state index contributed by atoms with van der Waals surface area (Å²) in [5.41, 5.74) is 9.63. The number of nitrogens with two attached hydrogens (primary N) is 1. The van der Waals surface area contributed by atoms with Crippen LogP contribution in [0.2, 0.25) is 0 Å². The molecule has 1 fully saturated rings. The van der Waals surface area contributed by atoms with Gasteiger partial charge in [0, 0.05) is 56.2 Å². The highest BCUT2D eigenvalue weighted by Crippen LogP contribution is 2.31. The molecule has 1 saturated heterocycles. The van der Waals surface area contributed by atoms with Crippen molar-refractivity contribution in [1.82, 2.24) is 29.5 Å². The summed E-state index contributed by atoms with van der Waals surface area (Å²) in [5.74, 6) is 0.809. The van der Waals surface area contributed by atoms with Crippen LogP contribution in [0.3, 0.4) is 0 Å². The fourth-order valence-electron chi connectivity index (χ4n) is 4.15. The number of anilines is 1. The lowest BCUT2D eigenvalue weighted by Gasteiger charge is -2.35. The molecule has 1 aliphatic heterocycles. The molecule has 0 atom stereocenters. The smallest absolute Gasteiger partial charge is 0.410 e. The highest BCUT2D eigenvalue weighted by molar-refractivity contribution is 5.80. The van der Waals surface area contributed by atoms with Crippen LogP contribution in [0.4, 0.5) is 10.6 Å². The second-order valence-corrected chi connectivity index (χ2v) is 9.94. The van der Waals surface area contributed by atoms with Gasteiger partial charge in [0.25, 0.3) is 0 Å². The number of pyridine rings is 1. The van der Waals surface area contributed by atoms with Gasteiger partial charge in [-0.05, 0) is 39.0 Å². The Bertz CT molecular complexity index is 1330. The van der Waals surface area contributed by atoms with Crippen molar-refractivity contribution in [2.45, 2.75) is 32.9 Å². The van der Waals surface area contributed by atoms with Crippen molar-refractivity contribution in [3.63, 3.8) is 0 Å². The molecule has 1 aromatic carbocycles. The van der Waals surface area contributed by atoms with E-state index in [1.54, 1.807) is 11.1 Å². The van der Waals surface area contributed by atoms with Gasteiger partial charge in [0.1, 0.15) is 16.9 Å². The highest BCUT2D eigenvalue weighted by atomic mass is 16.6. The van der Waals surface area contributed by atoms with Gasteiger partial charge in [0.05, 0.1) is 18.3 Å². The van der Waals surface area contributed by atoms with E-state index in [1.165, 1.54) is 0 Å². The fraction of sp³-hybridized carbons (Fsp3) is 0.385. The van der Waals surface area contributed by atoms with Gasteiger partial charge >= 0.3 is 6.09 Å². The molecule has 36 heavy (non-hydrogen) atoms. The maximum atomic E-state index is 12.3. The van der Waals surface area contributed by atoms with E-state index in [9.17, 15) is 4.79 Å². The maximum absolute atomic E-state index is 12.3. The number of benzene rings is 1. The molecule has 10 nitrogen and oxygen atoms in total. The van der Waals surface area contributed by atoms with Gasteiger partial charge in [-0.2, -0.15) is 5.10 Å². The molecule has 10 heteroatoms. The second kappa shape index (κ2) is 9.62. The van der Waals surface area contributed by atoms with Crippen LogP contribution in [0.15, 0.2) is 53.3 Å². The minimum Gasteiger partial charge on any atom is -0.444 e. The lowest BCUT2D eigenvalue weighted by Crippen LogP contribution is -2.50.